The van der Waals surface area contributed by atoms with Crippen LogP contribution in [0.2, 0.25) is 5.02 Å². The quantitative estimate of drug-likeness (QED) is 0.353. The van der Waals surface area contributed by atoms with E-state index in [-0.39, 0.29) is 17.7 Å². The summed E-state index contributed by atoms with van der Waals surface area (Å²) < 4.78 is 11.2. The van der Waals surface area contributed by atoms with Crippen molar-refractivity contribution in [2.24, 2.45) is 0 Å². The van der Waals surface area contributed by atoms with Gasteiger partial charge in [-0.15, -0.1) is 0 Å². The Hall–Kier alpha value is -4.28. The Kier molecular flexibility index (Phi) is 7.68. The summed E-state index contributed by atoms with van der Waals surface area (Å²) in [7, 11) is 1.48. The molecule has 0 fully saturated rings. The molecule has 8 heteroatoms. The number of nitriles is 1. The van der Waals surface area contributed by atoms with E-state index in [4.69, 9.17) is 26.2 Å². The van der Waals surface area contributed by atoms with Gasteiger partial charge in [0.25, 0.3) is 5.91 Å². The SMILES string of the molecule is COc1cc(C=C(C#N)C(=O)Nc2ccc(Cl)cc2)ccc1OCc1ccc(C(=O)O)cc1. The molecule has 7 nitrogen and oxygen atoms in total. The Morgan fingerprint density at radius 3 is 2.36 bits per heavy atom. The number of rotatable bonds is 8. The number of carbonyl (C=O) groups excluding carboxylic acids is 1. The summed E-state index contributed by atoms with van der Waals surface area (Å²) in [5.74, 6) is -0.669. The van der Waals surface area contributed by atoms with Crippen LogP contribution in [0.15, 0.2) is 72.3 Å². The molecule has 0 heterocycles. The molecule has 0 aromatic heterocycles. The largest absolute Gasteiger partial charge is 0.493 e. The third kappa shape index (κ3) is 6.35. The maximum atomic E-state index is 12.5. The first kappa shape index (κ1) is 23.4. The van der Waals surface area contributed by atoms with Crippen LogP contribution in [0.5, 0.6) is 11.5 Å². The normalized spacial score (nSPS) is 10.8. The van der Waals surface area contributed by atoms with E-state index in [0.29, 0.717) is 27.8 Å². The molecular weight excluding hydrogens is 444 g/mol. The van der Waals surface area contributed by atoms with Crippen molar-refractivity contribution < 1.29 is 24.2 Å². The summed E-state index contributed by atoms with van der Waals surface area (Å²) in [6.45, 7) is 0.207. The molecule has 166 valence electrons. The van der Waals surface area contributed by atoms with Crippen molar-refractivity contribution in [3.8, 4) is 17.6 Å². The fourth-order valence-electron chi connectivity index (χ4n) is 2.84. The van der Waals surface area contributed by atoms with Crippen molar-refractivity contribution >= 4 is 35.2 Å². The third-order valence-corrected chi connectivity index (χ3v) is 4.81. The third-order valence-electron chi connectivity index (χ3n) is 4.56. The van der Waals surface area contributed by atoms with Crippen molar-refractivity contribution in [2.45, 2.75) is 6.61 Å². The number of carboxylic acids is 1. The molecule has 0 bridgehead atoms. The van der Waals surface area contributed by atoms with Crippen LogP contribution >= 0.6 is 11.6 Å². The smallest absolute Gasteiger partial charge is 0.335 e. The van der Waals surface area contributed by atoms with Gasteiger partial charge in [-0.3, -0.25) is 4.79 Å². The van der Waals surface area contributed by atoms with Crippen LogP contribution in [0.1, 0.15) is 21.5 Å². The lowest BCUT2D eigenvalue weighted by Crippen LogP contribution is -2.13. The fourth-order valence-corrected chi connectivity index (χ4v) is 2.97. The lowest BCUT2D eigenvalue weighted by Gasteiger charge is -2.12. The predicted molar refractivity (Wildman–Crippen MR) is 124 cm³/mol. The van der Waals surface area contributed by atoms with Crippen molar-refractivity contribution in [3.63, 3.8) is 0 Å². The summed E-state index contributed by atoms with van der Waals surface area (Å²) in [6, 6.07) is 19.8. The molecule has 0 aliphatic carbocycles. The molecule has 0 aliphatic heterocycles. The van der Waals surface area contributed by atoms with Gasteiger partial charge < -0.3 is 19.9 Å². The predicted octanol–water partition coefficient (Wildman–Crippen LogP) is 5.17. The van der Waals surface area contributed by atoms with Gasteiger partial charge in [-0.2, -0.15) is 5.26 Å². The van der Waals surface area contributed by atoms with Crippen LogP contribution in [0.4, 0.5) is 5.69 Å². The van der Waals surface area contributed by atoms with E-state index in [1.165, 1.54) is 25.3 Å². The topological polar surface area (TPSA) is 109 Å². The molecule has 0 unspecified atom stereocenters. The second-order valence-corrected chi connectivity index (χ2v) is 7.27. The lowest BCUT2D eigenvalue weighted by molar-refractivity contribution is -0.112. The van der Waals surface area contributed by atoms with Gasteiger partial charge in [0, 0.05) is 10.7 Å². The molecule has 0 atom stereocenters. The lowest BCUT2D eigenvalue weighted by atomic mass is 10.1. The Labute approximate surface area is 195 Å². The first-order chi connectivity index (χ1) is 15.9. The number of nitrogens with zero attached hydrogens (tertiary/aromatic N) is 1. The van der Waals surface area contributed by atoms with Crippen LogP contribution in [-0.2, 0) is 11.4 Å². The molecule has 2 N–H and O–H groups in total. The maximum absolute atomic E-state index is 12.5. The van der Waals surface area contributed by atoms with Crippen molar-refractivity contribution in [3.05, 3.63) is 94.0 Å². The summed E-state index contributed by atoms with van der Waals surface area (Å²) in [5, 5.41) is 21.6. The van der Waals surface area contributed by atoms with E-state index >= 15 is 0 Å². The van der Waals surface area contributed by atoms with Gasteiger partial charge in [0.05, 0.1) is 12.7 Å². The minimum Gasteiger partial charge on any atom is -0.493 e. The highest BCUT2D eigenvalue weighted by Crippen LogP contribution is 2.30. The van der Waals surface area contributed by atoms with Crippen LogP contribution in [0.3, 0.4) is 0 Å². The van der Waals surface area contributed by atoms with Gasteiger partial charge in [0.2, 0.25) is 0 Å². The average Bonchev–Trinajstić information content (AvgIpc) is 2.83. The zero-order valence-corrected chi connectivity index (χ0v) is 18.3. The number of nitrogens with one attached hydrogen (secondary N) is 1. The number of halogens is 1. The molecule has 0 saturated carbocycles. The van der Waals surface area contributed by atoms with E-state index in [1.54, 1.807) is 54.6 Å². The number of amides is 1. The van der Waals surface area contributed by atoms with Crippen molar-refractivity contribution in [2.75, 3.05) is 12.4 Å². The second kappa shape index (κ2) is 10.8. The minimum atomic E-state index is -0.994. The summed E-state index contributed by atoms with van der Waals surface area (Å²) in [5.41, 5.74) is 1.99. The van der Waals surface area contributed by atoms with Gasteiger partial charge in [-0.05, 0) is 65.7 Å². The Morgan fingerprint density at radius 2 is 1.76 bits per heavy atom. The number of benzene rings is 3. The molecule has 3 aromatic rings. The number of anilines is 1. The zero-order valence-electron chi connectivity index (χ0n) is 17.5. The van der Waals surface area contributed by atoms with Gasteiger partial charge in [-0.1, -0.05) is 29.8 Å². The van der Waals surface area contributed by atoms with Crippen LogP contribution < -0.4 is 14.8 Å². The summed E-state index contributed by atoms with van der Waals surface area (Å²) >= 11 is 5.84. The molecule has 0 saturated heterocycles. The molecule has 3 rings (SSSR count). The fraction of sp³-hybridized carbons (Fsp3) is 0.0800. The van der Waals surface area contributed by atoms with Crippen LogP contribution in [-0.4, -0.2) is 24.1 Å². The van der Waals surface area contributed by atoms with Gasteiger partial charge >= 0.3 is 5.97 Å². The standard InChI is InChI=1S/C25H19ClN2O5/c1-32-23-13-17(12-19(14-27)24(29)28-21-9-7-20(26)8-10-21)4-11-22(23)33-15-16-2-5-18(6-3-16)25(30)31/h2-13H,15H2,1H3,(H,28,29)(H,30,31). The van der Waals surface area contributed by atoms with E-state index in [9.17, 15) is 14.9 Å². The summed E-state index contributed by atoms with van der Waals surface area (Å²) in [6.07, 6.45) is 1.45. The monoisotopic (exact) mass is 462 g/mol. The first-order valence-corrected chi connectivity index (χ1v) is 10.1. The van der Waals surface area contributed by atoms with Crippen molar-refractivity contribution in [1.82, 2.24) is 0 Å². The molecular formula is C25H19ClN2O5. The minimum absolute atomic E-state index is 0.0841. The number of carbonyl (C=O) groups is 2. The highest BCUT2D eigenvalue weighted by Gasteiger charge is 2.12. The van der Waals surface area contributed by atoms with E-state index in [2.05, 4.69) is 5.32 Å². The highest BCUT2D eigenvalue weighted by atomic mass is 35.5. The molecule has 33 heavy (non-hydrogen) atoms. The molecule has 1 amide bonds. The zero-order chi connectivity index (χ0) is 23.8. The number of methoxy groups -OCH3 is 1. The Balaban J connectivity index is 1.72. The number of ether oxygens (including phenoxy) is 2. The highest BCUT2D eigenvalue weighted by molar-refractivity contribution is 6.30. The number of carboxylic acid groups (broad SMARTS) is 1. The molecule has 0 radical (unpaired) electrons. The molecule has 0 aliphatic rings. The van der Waals surface area contributed by atoms with Crippen molar-refractivity contribution in [1.29, 1.82) is 5.26 Å². The Bertz CT molecular complexity index is 1230. The maximum Gasteiger partial charge on any atom is 0.335 e. The van der Waals surface area contributed by atoms with Gasteiger partial charge in [0.15, 0.2) is 11.5 Å². The molecule has 3 aromatic carbocycles. The number of hydrogen-bond donors (Lipinski definition) is 2. The van der Waals surface area contributed by atoms with E-state index in [0.717, 1.165) is 5.56 Å². The second-order valence-electron chi connectivity index (χ2n) is 6.83. The Morgan fingerprint density at radius 1 is 1.06 bits per heavy atom. The molecule has 0 spiro atoms. The van der Waals surface area contributed by atoms with E-state index in [1.807, 2.05) is 6.07 Å². The van der Waals surface area contributed by atoms with Gasteiger partial charge in [0.1, 0.15) is 18.2 Å². The average molecular weight is 463 g/mol. The number of aromatic carboxylic acids is 1. The number of hydrogen-bond acceptors (Lipinski definition) is 5. The van der Waals surface area contributed by atoms with Crippen LogP contribution in [0.25, 0.3) is 6.08 Å². The summed E-state index contributed by atoms with van der Waals surface area (Å²) in [4.78, 5) is 23.4. The first-order valence-electron chi connectivity index (χ1n) is 9.71. The van der Waals surface area contributed by atoms with Crippen LogP contribution in [0, 0.1) is 11.3 Å². The van der Waals surface area contributed by atoms with Gasteiger partial charge in [-0.25, -0.2) is 4.79 Å². The van der Waals surface area contributed by atoms with E-state index < -0.39 is 11.9 Å².